The summed E-state index contributed by atoms with van der Waals surface area (Å²) in [5, 5.41) is 12.1. The van der Waals surface area contributed by atoms with Crippen LogP contribution in [0, 0.1) is 0 Å². The highest BCUT2D eigenvalue weighted by atomic mass is 32.2. The van der Waals surface area contributed by atoms with Crippen molar-refractivity contribution in [2.75, 3.05) is 24.5 Å². The lowest BCUT2D eigenvalue weighted by atomic mass is 10.3. The van der Waals surface area contributed by atoms with Crippen LogP contribution in [0.1, 0.15) is 12.7 Å². The molecule has 0 fully saturated rings. The Balaban J connectivity index is 1.31. The molecule has 0 spiro atoms. The molecule has 1 aliphatic rings. The van der Waals surface area contributed by atoms with Crippen LogP contribution in [0.2, 0.25) is 0 Å². The van der Waals surface area contributed by atoms with E-state index in [0.717, 1.165) is 17.2 Å². The number of carbonyl (C=O) groups excluding carboxylic acids is 1. The number of hydrogen-bond acceptors (Lipinski definition) is 8. The van der Waals surface area contributed by atoms with Gasteiger partial charge >= 0.3 is 0 Å². The Hall–Kier alpha value is -4.18. The Morgan fingerprint density at radius 3 is 2.56 bits per heavy atom. The van der Waals surface area contributed by atoms with E-state index in [9.17, 15) is 4.79 Å². The van der Waals surface area contributed by atoms with Gasteiger partial charge in [-0.15, -0.1) is 10.2 Å². The number of fused-ring (bicyclic) bond motifs is 1. The molecule has 184 valence electrons. The molecule has 5 rings (SSSR count). The van der Waals surface area contributed by atoms with E-state index in [4.69, 9.17) is 18.9 Å². The Morgan fingerprint density at radius 2 is 1.75 bits per heavy atom. The van der Waals surface area contributed by atoms with Gasteiger partial charge in [-0.1, -0.05) is 30.0 Å². The largest absolute Gasteiger partial charge is 0.494 e. The minimum atomic E-state index is -0.179. The molecule has 1 aromatic heterocycles. The molecule has 1 aliphatic heterocycles. The van der Waals surface area contributed by atoms with Crippen molar-refractivity contribution in [3.63, 3.8) is 0 Å². The van der Waals surface area contributed by atoms with Crippen molar-refractivity contribution in [2.24, 2.45) is 0 Å². The molecule has 0 saturated carbocycles. The van der Waals surface area contributed by atoms with E-state index < -0.39 is 0 Å². The van der Waals surface area contributed by atoms with Crippen molar-refractivity contribution < 1.29 is 23.7 Å². The average Bonchev–Trinajstić information content (AvgIpc) is 3.54. The number of aromatic nitrogens is 3. The summed E-state index contributed by atoms with van der Waals surface area (Å²) in [6, 6.07) is 22.4. The fourth-order valence-electron chi connectivity index (χ4n) is 3.57. The maximum Gasteiger partial charge on any atom is 0.234 e. The van der Waals surface area contributed by atoms with Crippen LogP contribution in [-0.4, -0.2) is 39.8 Å². The van der Waals surface area contributed by atoms with Crippen molar-refractivity contribution in [2.45, 2.75) is 18.7 Å². The Bertz CT molecular complexity index is 1330. The van der Waals surface area contributed by atoms with Gasteiger partial charge in [0.15, 0.2) is 22.5 Å². The second-order valence-electron chi connectivity index (χ2n) is 7.67. The SMILES string of the molecule is CCOc1ccc(-n2c(COc3ccccc3)nnc2SCC(=O)Nc2ccc3c(c2)OCO3)cc1. The molecular weight excluding hydrogens is 480 g/mol. The first-order valence-electron chi connectivity index (χ1n) is 11.4. The van der Waals surface area contributed by atoms with Gasteiger partial charge in [-0.3, -0.25) is 9.36 Å². The van der Waals surface area contributed by atoms with E-state index in [1.165, 1.54) is 11.8 Å². The van der Waals surface area contributed by atoms with Crippen molar-refractivity contribution in [3.8, 4) is 28.7 Å². The molecule has 0 unspecified atom stereocenters. The molecule has 9 nitrogen and oxygen atoms in total. The zero-order chi connectivity index (χ0) is 24.7. The minimum Gasteiger partial charge on any atom is -0.494 e. The maximum atomic E-state index is 12.7. The molecule has 4 aromatic rings. The molecule has 2 heterocycles. The predicted molar refractivity (Wildman–Crippen MR) is 135 cm³/mol. The minimum absolute atomic E-state index is 0.142. The summed E-state index contributed by atoms with van der Waals surface area (Å²) in [4.78, 5) is 12.7. The van der Waals surface area contributed by atoms with Gasteiger partial charge in [0.05, 0.1) is 12.4 Å². The third-order valence-corrected chi connectivity index (χ3v) is 6.14. The normalized spacial score (nSPS) is 11.8. The van der Waals surface area contributed by atoms with Gasteiger partial charge < -0.3 is 24.3 Å². The summed E-state index contributed by atoms with van der Waals surface area (Å²) in [5.41, 5.74) is 1.48. The molecule has 3 aromatic carbocycles. The Kier molecular flexibility index (Phi) is 7.23. The van der Waals surface area contributed by atoms with E-state index in [2.05, 4.69) is 15.5 Å². The lowest BCUT2D eigenvalue weighted by Gasteiger charge is -2.12. The Morgan fingerprint density at radius 1 is 0.972 bits per heavy atom. The lowest BCUT2D eigenvalue weighted by Crippen LogP contribution is -2.14. The number of ether oxygens (including phenoxy) is 4. The number of thioether (sulfide) groups is 1. The highest BCUT2D eigenvalue weighted by Gasteiger charge is 2.18. The number of carbonyl (C=O) groups is 1. The highest BCUT2D eigenvalue weighted by molar-refractivity contribution is 7.99. The van der Waals surface area contributed by atoms with Crippen LogP contribution in [0.4, 0.5) is 5.69 Å². The van der Waals surface area contributed by atoms with Crippen molar-refractivity contribution in [1.29, 1.82) is 0 Å². The van der Waals surface area contributed by atoms with Gasteiger partial charge in [0.25, 0.3) is 0 Å². The van der Waals surface area contributed by atoms with Crippen molar-refractivity contribution in [3.05, 3.63) is 78.6 Å². The molecule has 0 radical (unpaired) electrons. The first-order valence-corrected chi connectivity index (χ1v) is 12.4. The summed E-state index contributed by atoms with van der Waals surface area (Å²) in [6.07, 6.45) is 0. The number of para-hydroxylation sites is 1. The summed E-state index contributed by atoms with van der Waals surface area (Å²) >= 11 is 1.29. The summed E-state index contributed by atoms with van der Waals surface area (Å²) < 4.78 is 24.1. The summed E-state index contributed by atoms with van der Waals surface area (Å²) in [6.45, 7) is 2.92. The fraction of sp³-hybridized carbons (Fsp3) is 0.192. The van der Waals surface area contributed by atoms with Crippen LogP contribution < -0.4 is 24.3 Å². The number of benzene rings is 3. The van der Waals surface area contributed by atoms with Crippen LogP contribution in [0.15, 0.2) is 78.0 Å². The van der Waals surface area contributed by atoms with Crippen molar-refractivity contribution in [1.82, 2.24) is 14.8 Å². The highest BCUT2D eigenvalue weighted by Crippen LogP contribution is 2.34. The molecule has 1 amide bonds. The standard InChI is InChI=1S/C26H24N4O5S/c1-2-32-21-11-9-19(10-12-21)30-24(15-33-20-6-4-3-5-7-20)28-29-26(30)36-16-25(31)27-18-8-13-22-23(14-18)35-17-34-22/h3-14H,2,15-17H2,1H3,(H,27,31). The van der Waals surface area contributed by atoms with Gasteiger partial charge in [-0.25, -0.2) is 0 Å². The molecule has 10 heteroatoms. The van der Waals surface area contributed by atoms with Crippen LogP contribution in [0.3, 0.4) is 0 Å². The second-order valence-corrected chi connectivity index (χ2v) is 8.61. The van der Waals surface area contributed by atoms with Crippen molar-refractivity contribution >= 4 is 23.4 Å². The third kappa shape index (κ3) is 5.55. The number of anilines is 1. The Labute approximate surface area is 212 Å². The van der Waals surface area contributed by atoms with E-state index in [0.29, 0.717) is 34.8 Å². The van der Waals surface area contributed by atoms with Crippen LogP contribution in [0.25, 0.3) is 5.69 Å². The zero-order valence-corrected chi connectivity index (χ0v) is 20.4. The third-order valence-electron chi connectivity index (χ3n) is 5.21. The average molecular weight is 505 g/mol. The number of nitrogens with one attached hydrogen (secondary N) is 1. The summed E-state index contributed by atoms with van der Waals surface area (Å²) in [5.74, 6) is 3.35. The zero-order valence-electron chi connectivity index (χ0n) is 19.5. The topological polar surface area (TPSA) is 96.7 Å². The first-order chi connectivity index (χ1) is 17.7. The van der Waals surface area contributed by atoms with Gasteiger partial charge in [-0.2, -0.15) is 0 Å². The van der Waals surface area contributed by atoms with Crippen LogP contribution >= 0.6 is 11.8 Å². The smallest absolute Gasteiger partial charge is 0.234 e. The second kappa shape index (κ2) is 11.0. The van der Waals surface area contributed by atoms with E-state index in [1.807, 2.05) is 66.1 Å². The number of nitrogens with zero attached hydrogens (tertiary/aromatic N) is 3. The van der Waals surface area contributed by atoms with E-state index >= 15 is 0 Å². The maximum absolute atomic E-state index is 12.7. The number of amides is 1. The first kappa shape index (κ1) is 23.6. The fourth-order valence-corrected chi connectivity index (χ4v) is 4.34. The lowest BCUT2D eigenvalue weighted by molar-refractivity contribution is -0.113. The van der Waals surface area contributed by atoms with Gasteiger partial charge in [0.1, 0.15) is 18.1 Å². The van der Waals surface area contributed by atoms with Crippen LogP contribution in [0.5, 0.6) is 23.0 Å². The molecule has 1 N–H and O–H groups in total. The van der Waals surface area contributed by atoms with Gasteiger partial charge in [0.2, 0.25) is 12.7 Å². The van der Waals surface area contributed by atoms with E-state index in [1.54, 1.807) is 18.2 Å². The van der Waals surface area contributed by atoms with Gasteiger partial charge in [-0.05, 0) is 55.5 Å². The molecular formula is C26H24N4O5S. The van der Waals surface area contributed by atoms with Crippen LogP contribution in [-0.2, 0) is 11.4 Å². The quantitative estimate of drug-likeness (QED) is 0.310. The molecule has 36 heavy (non-hydrogen) atoms. The predicted octanol–water partition coefficient (Wildman–Crippen LogP) is 4.70. The van der Waals surface area contributed by atoms with Gasteiger partial charge in [0, 0.05) is 17.4 Å². The number of rotatable bonds is 10. The summed E-state index contributed by atoms with van der Waals surface area (Å²) in [7, 11) is 0. The molecule has 0 aliphatic carbocycles. The molecule has 0 bridgehead atoms. The van der Waals surface area contributed by atoms with E-state index in [-0.39, 0.29) is 25.1 Å². The molecule has 0 atom stereocenters. The number of hydrogen-bond donors (Lipinski definition) is 1. The monoisotopic (exact) mass is 504 g/mol. The molecule has 0 saturated heterocycles.